The number of carbonyl (C=O) groups excluding carboxylic acids is 1. The van der Waals surface area contributed by atoms with Gasteiger partial charge in [0.2, 0.25) is 18.1 Å². The number of hydrogen-bond donors (Lipinski definition) is 4. The Morgan fingerprint density at radius 1 is 1.47 bits per heavy atom. The molecule has 2 aromatic rings. The summed E-state index contributed by atoms with van der Waals surface area (Å²) < 4.78 is 48.4. The Kier molecular flexibility index (Phi) is 5.72. The van der Waals surface area contributed by atoms with Crippen molar-refractivity contribution in [1.29, 1.82) is 0 Å². The van der Waals surface area contributed by atoms with Crippen molar-refractivity contribution >= 4 is 23.0 Å². The van der Waals surface area contributed by atoms with Crippen molar-refractivity contribution in [2.24, 2.45) is 5.92 Å². The highest BCUT2D eigenvalue weighted by Gasteiger charge is 2.41. The number of H-pyrrole nitrogens is 1. The molecule has 1 aliphatic heterocycles. The molecule has 3 rings (SSSR count). The fourth-order valence-corrected chi connectivity index (χ4v) is 2.64. The van der Waals surface area contributed by atoms with E-state index in [-0.39, 0.29) is 17.1 Å². The Bertz CT molecular complexity index is 1040. The lowest BCUT2D eigenvalue weighted by atomic mass is 10.2. The molecule has 30 heavy (non-hydrogen) atoms. The fraction of sp³-hybridized carbons (Fsp3) is 0.500. The Balaban J connectivity index is 1.94. The monoisotopic (exact) mass is 433 g/mol. The van der Waals surface area contributed by atoms with Crippen molar-refractivity contribution in [3.63, 3.8) is 0 Å². The third-order valence-electron chi connectivity index (χ3n) is 4.08. The van der Waals surface area contributed by atoms with Crippen molar-refractivity contribution in [1.82, 2.24) is 19.5 Å². The van der Waals surface area contributed by atoms with E-state index in [0.717, 1.165) is 10.9 Å². The van der Waals surface area contributed by atoms with Gasteiger partial charge in [0.25, 0.3) is 5.56 Å². The van der Waals surface area contributed by atoms with Gasteiger partial charge < -0.3 is 19.7 Å². The number of hydrogen-bond acceptors (Lipinski definition) is 8. The number of halogens is 3. The molecule has 0 saturated heterocycles. The molecule has 4 N–H and O–H groups in total. The van der Waals surface area contributed by atoms with Crippen LogP contribution in [0, 0.1) is 5.92 Å². The molecule has 1 aliphatic rings. The van der Waals surface area contributed by atoms with E-state index in [4.69, 9.17) is 4.74 Å². The molecule has 164 valence electrons. The zero-order valence-corrected chi connectivity index (χ0v) is 15.7. The number of aromatic nitrogens is 4. The summed E-state index contributed by atoms with van der Waals surface area (Å²) >= 11 is 0. The van der Waals surface area contributed by atoms with Crippen LogP contribution in [0.15, 0.2) is 22.6 Å². The number of carbonyl (C=O) groups is 1. The summed E-state index contributed by atoms with van der Waals surface area (Å²) in [7, 11) is 0. The van der Waals surface area contributed by atoms with E-state index in [0.29, 0.717) is 0 Å². The van der Waals surface area contributed by atoms with Gasteiger partial charge in [-0.25, -0.2) is 4.98 Å². The van der Waals surface area contributed by atoms with Crippen LogP contribution in [0.4, 0.5) is 19.1 Å². The van der Waals surface area contributed by atoms with Gasteiger partial charge >= 0.3 is 6.18 Å². The van der Waals surface area contributed by atoms with Crippen LogP contribution < -0.4 is 10.9 Å². The third kappa shape index (κ3) is 4.23. The molecule has 1 amide bonds. The van der Waals surface area contributed by atoms with Crippen LogP contribution in [0.25, 0.3) is 11.2 Å². The maximum Gasteiger partial charge on any atom is 0.422 e. The number of rotatable bonds is 6. The highest BCUT2D eigenvalue weighted by atomic mass is 19.4. The minimum atomic E-state index is -4.68. The molecule has 0 fully saturated rings. The zero-order chi connectivity index (χ0) is 22.2. The van der Waals surface area contributed by atoms with E-state index in [2.05, 4.69) is 25.0 Å². The van der Waals surface area contributed by atoms with Gasteiger partial charge in [0.1, 0.15) is 12.9 Å². The second-order valence-corrected chi connectivity index (χ2v) is 6.69. The van der Waals surface area contributed by atoms with Gasteiger partial charge in [0, 0.05) is 5.92 Å². The Morgan fingerprint density at radius 3 is 2.77 bits per heavy atom. The van der Waals surface area contributed by atoms with Crippen molar-refractivity contribution in [3.05, 3.63) is 28.2 Å². The Hall–Kier alpha value is -3.13. The van der Waals surface area contributed by atoms with E-state index in [9.17, 15) is 33.0 Å². The molecular formula is C16H18F3N5O6. The molecule has 3 heterocycles. The number of nitrogens with one attached hydrogen (secondary N) is 2. The predicted molar refractivity (Wildman–Crippen MR) is 93.9 cm³/mol. The first-order valence-electron chi connectivity index (χ1n) is 8.67. The Morgan fingerprint density at radius 2 is 2.17 bits per heavy atom. The minimum absolute atomic E-state index is 0.115. The zero-order valence-electron chi connectivity index (χ0n) is 15.7. The summed E-state index contributed by atoms with van der Waals surface area (Å²) in [4.78, 5) is 34.4. The molecule has 0 saturated carbocycles. The molecule has 0 aliphatic carbocycles. The van der Waals surface area contributed by atoms with Gasteiger partial charge in [0.15, 0.2) is 35.4 Å². The van der Waals surface area contributed by atoms with E-state index in [1.54, 1.807) is 13.8 Å². The first kappa shape index (κ1) is 21.6. The average Bonchev–Trinajstić information content (AvgIpc) is 3.20. The van der Waals surface area contributed by atoms with Gasteiger partial charge in [-0.3, -0.25) is 24.5 Å². The Labute approximate surface area is 166 Å². The van der Waals surface area contributed by atoms with Gasteiger partial charge in [0.05, 0.1) is 0 Å². The lowest BCUT2D eigenvalue weighted by Crippen LogP contribution is -2.26. The maximum atomic E-state index is 12.5. The van der Waals surface area contributed by atoms with Crippen molar-refractivity contribution in [2.75, 3.05) is 18.5 Å². The van der Waals surface area contributed by atoms with Gasteiger partial charge in [-0.05, 0) is 0 Å². The summed E-state index contributed by atoms with van der Waals surface area (Å²) in [6.45, 7) is 0.719. The number of aliphatic hydroxyl groups excluding tert-OH is 2. The van der Waals surface area contributed by atoms with Crippen LogP contribution in [0.1, 0.15) is 20.1 Å². The van der Waals surface area contributed by atoms with Crippen LogP contribution in [-0.4, -0.2) is 61.1 Å². The number of fused-ring (bicyclic) bond motifs is 1. The largest absolute Gasteiger partial charge is 0.482 e. The lowest BCUT2D eigenvalue weighted by molar-refractivity contribution is -0.168. The summed E-state index contributed by atoms with van der Waals surface area (Å²) in [5, 5.41) is 22.2. The molecule has 11 nitrogen and oxygen atoms in total. The predicted octanol–water partition coefficient (Wildman–Crippen LogP) is 0.387. The number of amides is 1. The van der Waals surface area contributed by atoms with Crippen LogP contribution in [0.3, 0.4) is 0 Å². The van der Waals surface area contributed by atoms with Crippen LogP contribution in [0.2, 0.25) is 0 Å². The smallest absolute Gasteiger partial charge is 0.422 e. The van der Waals surface area contributed by atoms with Gasteiger partial charge in [-0.1, -0.05) is 13.8 Å². The molecule has 14 heteroatoms. The molecule has 0 spiro atoms. The standard InChI is InChI=1S/C16H18F3N5O6/c1-6(2)12(27)22-15-21-11-8(13(28)23-15)20-5-24(11)14-9(26)10(7(3-25)30-14)29-4-16(17,18)19/h5-6,9,14,25-26H,3-4H2,1-2H3,(H2,21,22,23,27,28)/t9-,14-/m1/s1. The maximum absolute atomic E-state index is 12.5. The second-order valence-electron chi connectivity index (χ2n) is 6.69. The first-order valence-corrected chi connectivity index (χ1v) is 8.67. The van der Waals surface area contributed by atoms with Crippen molar-refractivity contribution in [3.8, 4) is 0 Å². The van der Waals surface area contributed by atoms with E-state index >= 15 is 0 Å². The third-order valence-corrected chi connectivity index (χ3v) is 4.08. The van der Waals surface area contributed by atoms with Crippen LogP contribution >= 0.6 is 0 Å². The number of aromatic amines is 1. The number of nitrogens with zero attached hydrogens (tertiary/aromatic N) is 3. The second kappa shape index (κ2) is 7.95. The topological polar surface area (TPSA) is 152 Å². The minimum Gasteiger partial charge on any atom is -0.482 e. The molecule has 0 bridgehead atoms. The number of anilines is 1. The summed E-state index contributed by atoms with van der Waals surface area (Å²) in [6.07, 6.45) is -6.76. The molecule has 0 unspecified atom stereocenters. The molecule has 2 aromatic heterocycles. The lowest BCUT2D eigenvalue weighted by Gasteiger charge is -2.18. The molecule has 2 atom stereocenters. The normalized spacial score (nSPS) is 19.5. The van der Waals surface area contributed by atoms with Crippen LogP contribution in [0.5, 0.6) is 0 Å². The summed E-state index contributed by atoms with van der Waals surface area (Å²) in [5.41, 5.74) is -0.978. The number of alkyl halides is 3. The molecule has 0 aromatic carbocycles. The van der Waals surface area contributed by atoms with Gasteiger partial charge in [-0.2, -0.15) is 18.2 Å². The van der Waals surface area contributed by atoms with E-state index in [1.807, 2.05) is 0 Å². The molecular weight excluding hydrogens is 415 g/mol. The van der Waals surface area contributed by atoms with Crippen molar-refractivity contribution in [2.45, 2.75) is 32.4 Å². The first-order chi connectivity index (χ1) is 14.0. The number of aliphatic hydroxyl groups is 2. The number of imidazole rings is 1. The summed E-state index contributed by atoms with van der Waals surface area (Å²) in [5.74, 6) is -2.02. The highest BCUT2D eigenvalue weighted by Crippen LogP contribution is 2.35. The van der Waals surface area contributed by atoms with Gasteiger partial charge in [-0.15, -0.1) is 0 Å². The SMILES string of the molecule is CC(C)C(=O)Nc1nc2c(ncn2[C@@H]2OC(CO)=C(OCC(F)(F)F)[C@H]2O)c(=O)[nH]1. The van der Waals surface area contributed by atoms with Crippen molar-refractivity contribution < 1.29 is 37.7 Å². The number of ether oxygens (including phenoxy) is 2. The van der Waals surface area contributed by atoms with E-state index < -0.39 is 60.6 Å². The highest BCUT2D eigenvalue weighted by molar-refractivity contribution is 5.91. The van der Waals surface area contributed by atoms with Crippen LogP contribution in [-0.2, 0) is 14.3 Å². The molecule has 0 radical (unpaired) electrons. The fourth-order valence-electron chi connectivity index (χ4n) is 2.64. The van der Waals surface area contributed by atoms with E-state index in [1.165, 1.54) is 0 Å². The quantitative estimate of drug-likeness (QED) is 0.511. The average molecular weight is 433 g/mol. The summed E-state index contributed by atoms with van der Waals surface area (Å²) in [6, 6.07) is 0.